The molecule has 2 aromatic heterocycles. The molecule has 1 aliphatic heterocycles. The third-order valence-corrected chi connectivity index (χ3v) is 4.47. The lowest BCUT2D eigenvalue weighted by Gasteiger charge is -2.25. The van der Waals surface area contributed by atoms with Gasteiger partial charge in [-0.3, -0.25) is 9.59 Å². The van der Waals surface area contributed by atoms with E-state index in [4.69, 9.17) is 0 Å². The standard InChI is InChI=1S/C17H24N6O2/c1-11(2)23-19-10-14(21-23)20-16(24)15-12(3)6-9-22(17(15)25)13-4-7-18-8-5-13/h6,9-11,13,18H,4-5,7-8H2,1-3H3,(H,20,21,24). The van der Waals surface area contributed by atoms with Crippen LogP contribution < -0.4 is 16.2 Å². The minimum atomic E-state index is -0.443. The van der Waals surface area contributed by atoms with Crippen molar-refractivity contribution < 1.29 is 4.79 Å². The Hall–Kier alpha value is -2.48. The molecule has 0 spiro atoms. The number of carbonyl (C=O) groups excluding carboxylic acids is 1. The third-order valence-electron chi connectivity index (χ3n) is 4.47. The molecule has 0 atom stereocenters. The normalized spacial score (nSPS) is 15.5. The van der Waals surface area contributed by atoms with Crippen molar-refractivity contribution >= 4 is 11.7 Å². The minimum Gasteiger partial charge on any atom is -0.317 e. The van der Waals surface area contributed by atoms with Crippen LogP contribution >= 0.6 is 0 Å². The highest BCUT2D eigenvalue weighted by Gasteiger charge is 2.22. The van der Waals surface area contributed by atoms with Gasteiger partial charge in [-0.05, 0) is 58.3 Å². The van der Waals surface area contributed by atoms with Gasteiger partial charge >= 0.3 is 0 Å². The van der Waals surface area contributed by atoms with Crippen LogP contribution in [0.1, 0.15) is 54.7 Å². The summed E-state index contributed by atoms with van der Waals surface area (Å²) < 4.78 is 1.69. The van der Waals surface area contributed by atoms with Gasteiger partial charge in [0.2, 0.25) is 0 Å². The Morgan fingerprint density at radius 2 is 2.08 bits per heavy atom. The molecule has 1 amide bonds. The summed E-state index contributed by atoms with van der Waals surface area (Å²) in [5.41, 5.74) is 0.574. The number of aromatic nitrogens is 4. The predicted octanol–water partition coefficient (Wildman–Crippen LogP) is 1.51. The van der Waals surface area contributed by atoms with Gasteiger partial charge in [0, 0.05) is 12.2 Å². The molecule has 0 aromatic carbocycles. The molecule has 2 N–H and O–H groups in total. The number of amides is 1. The molecule has 0 bridgehead atoms. The number of hydrogen-bond donors (Lipinski definition) is 2. The first kappa shape index (κ1) is 17.3. The molecular weight excluding hydrogens is 320 g/mol. The van der Waals surface area contributed by atoms with Crippen LogP contribution in [0.25, 0.3) is 0 Å². The van der Waals surface area contributed by atoms with Crippen LogP contribution in [-0.4, -0.2) is 38.6 Å². The number of anilines is 1. The number of nitrogens with one attached hydrogen (secondary N) is 2. The van der Waals surface area contributed by atoms with Crippen LogP contribution in [0.5, 0.6) is 0 Å². The van der Waals surface area contributed by atoms with Crippen molar-refractivity contribution in [2.75, 3.05) is 18.4 Å². The molecular formula is C17H24N6O2. The molecule has 8 heteroatoms. The zero-order valence-corrected chi connectivity index (χ0v) is 14.8. The van der Waals surface area contributed by atoms with Crippen LogP contribution in [0.4, 0.5) is 5.82 Å². The monoisotopic (exact) mass is 344 g/mol. The molecule has 3 rings (SSSR count). The van der Waals surface area contributed by atoms with Gasteiger partial charge in [-0.2, -0.15) is 9.90 Å². The molecule has 0 saturated carbocycles. The predicted molar refractivity (Wildman–Crippen MR) is 94.9 cm³/mol. The van der Waals surface area contributed by atoms with Gasteiger partial charge in [0.15, 0.2) is 5.82 Å². The quantitative estimate of drug-likeness (QED) is 0.877. The summed E-state index contributed by atoms with van der Waals surface area (Å²) in [6, 6.07) is 2.05. The van der Waals surface area contributed by atoms with Crippen molar-refractivity contribution in [1.82, 2.24) is 24.9 Å². The van der Waals surface area contributed by atoms with Gasteiger partial charge in [-0.25, -0.2) is 0 Å². The van der Waals surface area contributed by atoms with Crippen LogP contribution in [-0.2, 0) is 0 Å². The van der Waals surface area contributed by atoms with Gasteiger partial charge in [0.25, 0.3) is 11.5 Å². The maximum absolute atomic E-state index is 12.9. The molecule has 1 saturated heterocycles. The fraction of sp³-hybridized carbons (Fsp3) is 0.529. The summed E-state index contributed by atoms with van der Waals surface area (Å²) in [6.45, 7) is 7.43. The number of rotatable bonds is 4. The van der Waals surface area contributed by atoms with E-state index in [2.05, 4.69) is 20.8 Å². The van der Waals surface area contributed by atoms with E-state index in [9.17, 15) is 9.59 Å². The first-order chi connectivity index (χ1) is 12.0. The molecule has 1 aliphatic rings. The number of piperidine rings is 1. The Labute approximate surface area is 146 Å². The van der Waals surface area contributed by atoms with E-state index >= 15 is 0 Å². The van der Waals surface area contributed by atoms with E-state index < -0.39 is 5.91 Å². The number of pyridine rings is 1. The number of nitrogens with zero attached hydrogens (tertiary/aromatic N) is 4. The molecule has 2 aromatic rings. The summed E-state index contributed by atoms with van der Waals surface area (Å²) in [7, 11) is 0. The molecule has 0 aliphatic carbocycles. The Morgan fingerprint density at radius 1 is 1.36 bits per heavy atom. The largest absolute Gasteiger partial charge is 0.317 e. The Morgan fingerprint density at radius 3 is 2.72 bits per heavy atom. The highest BCUT2D eigenvalue weighted by Crippen LogP contribution is 2.17. The van der Waals surface area contributed by atoms with Gasteiger partial charge in [0.1, 0.15) is 5.56 Å². The van der Waals surface area contributed by atoms with Crippen molar-refractivity contribution in [3.8, 4) is 0 Å². The second-order valence-electron chi connectivity index (χ2n) is 6.67. The Kier molecular flexibility index (Phi) is 4.98. The minimum absolute atomic E-state index is 0.0984. The van der Waals surface area contributed by atoms with Crippen molar-refractivity contribution in [2.45, 2.75) is 45.7 Å². The van der Waals surface area contributed by atoms with E-state index in [0.29, 0.717) is 11.4 Å². The van der Waals surface area contributed by atoms with E-state index in [1.54, 1.807) is 17.7 Å². The zero-order chi connectivity index (χ0) is 18.0. The number of carbonyl (C=O) groups is 1. The molecule has 8 nitrogen and oxygen atoms in total. The smallest absolute Gasteiger partial charge is 0.263 e. The highest BCUT2D eigenvalue weighted by atomic mass is 16.2. The Balaban J connectivity index is 1.87. The molecule has 3 heterocycles. The second-order valence-corrected chi connectivity index (χ2v) is 6.67. The van der Waals surface area contributed by atoms with Gasteiger partial charge < -0.3 is 15.2 Å². The molecule has 0 unspecified atom stereocenters. The van der Waals surface area contributed by atoms with Crippen LogP contribution in [0.3, 0.4) is 0 Å². The van der Waals surface area contributed by atoms with Crippen LogP contribution in [0.15, 0.2) is 23.3 Å². The molecule has 134 valence electrons. The number of hydrogen-bond acceptors (Lipinski definition) is 5. The maximum Gasteiger partial charge on any atom is 0.263 e. The van der Waals surface area contributed by atoms with Crippen molar-refractivity contribution in [3.63, 3.8) is 0 Å². The first-order valence-corrected chi connectivity index (χ1v) is 8.63. The second kappa shape index (κ2) is 7.18. The lowest BCUT2D eigenvalue weighted by atomic mass is 10.0. The van der Waals surface area contributed by atoms with E-state index in [1.807, 2.05) is 19.9 Å². The number of aryl methyl sites for hydroxylation is 1. The van der Waals surface area contributed by atoms with Crippen LogP contribution in [0.2, 0.25) is 0 Å². The van der Waals surface area contributed by atoms with E-state index in [0.717, 1.165) is 25.9 Å². The van der Waals surface area contributed by atoms with Crippen molar-refractivity contribution in [2.24, 2.45) is 0 Å². The maximum atomic E-state index is 12.9. The Bertz CT molecular complexity index is 817. The van der Waals surface area contributed by atoms with Crippen LogP contribution in [0, 0.1) is 6.92 Å². The summed E-state index contributed by atoms with van der Waals surface area (Å²) in [5.74, 6) is -0.101. The summed E-state index contributed by atoms with van der Waals surface area (Å²) in [5, 5.41) is 14.3. The SMILES string of the molecule is Cc1ccn(C2CCNCC2)c(=O)c1C(=O)Nc1cnn(C(C)C)n1. The topological polar surface area (TPSA) is 93.8 Å². The molecule has 25 heavy (non-hydrogen) atoms. The summed E-state index contributed by atoms with van der Waals surface area (Å²) >= 11 is 0. The fourth-order valence-corrected chi connectivity index (χ4v) is 3.05. The lowest BCUT2D eigenvalue weighted by molar-refractivity contribution is 0.102. The van der Waals surface area contributed by atoms with Gasteiger partial charge in [0.05, 0.1) is 12.2 Å². The van der Waals surface area contributed by atoms with Crippen molar-refractivity contribution in [3.05, 3.63) is 39.9 Å². The lowest BCUT2D eigenvalue weighted by Crippen LogP contribution is -2.37. The zero-order valence-electron chi connectivity index (χ0n) is 14.8. The van der Waals surface area contributed by atoms with Gasteiger partial charge in [-0.15, -0.1) is 5.10 Å². The molecule has 0 radical (unpaired) electrons. The van der Waals surface area contributed by atoms with Gasteiger partial charge in [-0.1, -0.05) is 0 Å². The van der Waals surface area contributed by atoms with Crippen molar-refractivity contribution in [1.29, 1.82) is 0 Å². The summed E-state index contributed by atoms with van der Waals surface area (Å²) in [4.78, 5) is 27.0. The van der Waals surface area contributed by atoms with E-state index in [-0.39, 0.29) is 23.2 Å². The van der Waals surface area contributed by atoms with E-state index in [1.165, 1.54) is 11.0 Å². The average Bonchev–Trinajstić information content (AvgIpc) is 3.04. The third kappa shape index (κ3) is 3.63. The molecule has 1 fully saturated rings. The summed E-state index contributed by atoms with van der Waals surface area (Å²) in [6.07, 6.45) is 5.04. The average molecular weight is 344 g/mol. The fourth-order valence-electron chi connectivity index (χ4n) is 3.05. The highest BCUT2D eigenvalue weighted by molar-refractivity contribution is 6.04. The first-order valence-electron chi connectivity index (χ1n) is 8.63.